The summed E-state index contributed by atoms with van der Waals surface area (Å²) in [6.07, 6.45) is 5.52. The summed E-state index contributed by atoms with van der Waals surface area (Å²) in [5, 5.41) is 11.8. The molecule has 18 heavy (non-hydrogen) atoms. The van der Waals surface area contributed by atoms with E-state index in [2.05, 4.69) is 15.9 Å². The molecule has 1 unspecified atom stereocenters. The molecule has 3 nitrogen and oxygen atoms in total. The number of benzene rings is 1. The highest BCUT2D eigenvalue weighted by atomic mass is 79.9. The summed E-state index contributed by atoms with van der Waals surface area (Å²) in [5.74, 6) is 0.0603. The molecule has 0 aromatic heterocycles. The van der Waals surface area contributed by atoms with Gasteiger partial charge in [-0.15, -0.1) is 0 Å². The number of unbranched alkanes of at least 4 members (excludes halogenated alkanes) is 3. The summed E-state index contributed by atoms with van der Waals surface area (Å²) in [4.78, 5) is 10.5. The first-order valence-electron chi connectivity index (χ1n) is 6.46. The van der Waals surface area contributed by atoms with Crippen molar-refractivity contribution in [1.29, 1.82) is 0 Å². The third-order valence-electron chi connectivity index (χ3n) is 3.08. The largest absolute Gasteiger partial charge is 0.265 e. The molecule has 0 aliphatic heterocycles. The molecule has 0 heterocycles. The zero-order valence-electron chi connectivity index (χ0n) is 10.6. The van der Waals surface area contributed by atoms with Gasteiger partial charge in [0.15, 0.2) is 0 Å². The van der Waals surface area contributed by atoms with E-state index in [1.165, 1.54) is 12.8 Å². The second kappa shape index (κ2) is 9.09. The number of nitrogens with zero attached hydrogens (tertiary/aromatic N) is 1. The molecule has 0 amide bonds. The third kappa shape index (κ3) is 6.15. The fourth-order valence-electron chi connectivity index (χ4n) is 2.11. The molecule has 0 bridgehead atoms. The van der Waals surface area contributed by atoms with Gasteiger partial charge in [0.2, 0.25) is 6.54 Å². The molecule has 0 saturated heterocycles. The first-order chi connectivity index (χ1) is 8.74. The second-order valence-electron chi connectivity index (χ2n) is 4.51. The average Bonchev–Trinajstić information content (AvgIpc) is 2.38. The van der Waals surface area contributed by atoms with Gasteiger partial charge < -0.3 is 0 Å². The van der Waals surface area contributed by atoms with E-state index < -0.39 is 0 Å². The standard InChI is InChI=1S/C14H20BrNO2/c15-11-7-2-1-4-10-14(12-16(17)18)13-8-5-3-6-9-13/h3,5-6,8-9,14H,1-2,4,7,10-12H2. The molecule has 1 aromatic rings. The first-order valence-corrected chi connectivity index (χ1v) is 7.59. The van der Waals surface area contributed by atoms with Crippen LogP contribution in [0.15, 0.2) is 30.3 Å². The summed E-state index contributed by atoms with van der Waals surface area (Å²) in [6.45, 7) is 0.0441. The summed E-state index contributed by atoms with van der Waals surface area (Å²) < 4.78 is 0. The maximum Gasteiger partial charge on any atom is 0.210 e. The average molecular weight is 314 g/mol. The number of rotatable bonds is 9. The third-order valence-corrected chi connectivity index (χ3v) is 3.64. The SMILES string of the molecule is O=[N+]([O-])CC(CCCCCCBr)c1ccccc1. The van der Waals surface area contributed by atoms with Gasteiger partial charge in [-0.25, -0.2) is 0 Å². The van der Waals surface area contributed by atoms with Crippen molar-refractivity contribution < 1.29 is 4.92 Å². The predicted octanol–water partition coefficient (Wildman–Crippen LogP) is 4.39. The van der Waals surface area contributed by atoms with Gasteiger partial charge in [-0.2, -0.15) is 0 Å². The molecule has 100 valence electrons. The van der Waals surface area contributed by atoms with E-state index >= 15 is 0 Å². The Morgan fingerprint density at radius 3 is 2.39 bits per heavy atom. The van der Waals surface area contributed by atoms with Gasteiger partial charge in [-0.05, 0) is 18.4 Å². The Hall–Kier alpha value is -0.900. The molecule has 4 heteroatoms. The molecule has 0 N–H and O–H groups in total. The normalized spacial score (nSPS) is 12.3. The van der Waals surface area contributed by atoms with E-state index in [-0.39, 0.29) is 17.4 Å². The van der Waals surface area contributed by atoms with E-state index in [1.807, 2.05) is 30.3 Å². The highest BCUT2D eigenvalue weighted by molar-refractivity contribution is 9.09. The Kier molecular flexibility index (Phi) is 7.65. The van der Waals surface area contributed by atoms with Crippen LogP contribution < -0.4 is 0 Å². The van der Waals surface area contributed by atoms with E-state index in [0.29, 0.717) is 0 Å². The molecule has 0 aliphatic rings. The van der Waals surface area contributed by atoms with Crippen LogP contribution in [0, 0.1) is 10.1 Å². The zero-order chi connectivity index (χ0) is 13.2. The minimum Gasteiger partial charge on any atom is -0.265 e. The fourth-order valence-corrected chi connectivity index (χ4v) is 2.50. The van der Waals surface area contributed by atoms with Crippen molar-refractivity contribution in [1.82, 2.24) is 0 Å². The quantitative estimate of drug-likeness (QED) is 0.293. The lowest BCUT2D eigenvalue weighted by Crippen LogP contribution is -2.12. The molecular weight excluding hydrogens is 294 g/mol. The van der Waals surface area contributed by atoms with Gasteiger partial charge in [0.1, 0.15) is 0 Å². The Balaban J connectivity index is 2.44. The Labute approximate surface area is 117 Å². The van der Waals surface area contributed by atoms with Crippen LogP contribution in [0.4, 0.5) is 0 Å². The van der Waals surface area contributed by atoms with Crippen molar-refractivity contribution in [3.63, 3.8) is 0 Å². The monoisotopic (exact) mass is 313 g/mol. The van der Waals surface area contributed by atoms with Crippen molar-refractivity contribution in [2.45, 2.75) is 38.0 Å². The summed E-state index contributed by atoms with van der Waals surface area (Å²) in [5.41, 5.74) is 1.09. The summed E-state index contributed by atoms with van der Waals surface area (Å²) >= 11 is 3.41. The maximum atomic E-state index is 10.7. The van der Waals surface area contributed by atoms with Gasteiger partial charge in [0.05, 0.1) is 0 Å². The number of alkyl halides is 1. The molecule has 0 saturated carbocycles. The molecule has 1 rings (SSSR count). The summed E-state index contributed by atoms with van der Waals surface area (Å²) in [6, 6.07) is 9.84. The van der Waals surface area contributed by atoms with Gasteiger partial charge in [0.25, 0.3) is 0 Å². The van der Waals surface area contributed by atoms with Crippen LogP contribution in [0.3, 0.4) is 0 Å². The summed E-state index contributed by atoms with van der Waals surface area (Å²) in [7, 11) is 0. The lowest BCUT2D eigenvalue weighted by Gasteiger charge is -2.12. The first kappa shape index (κ1) is 15.2. The van der Waals surface area contributed by atoms with E-state index in [9.17, 15) is 10.1 Å². The van der Waals surface area contributed by atoms with Crippen LogP contribution in [0.2, 0.25) is 0 Å². The topological polar surface area (TPSA) is 43.1 Å². The van der Waals surface area contributed by atoms with Crippen LogP contribution in [0.5, 0.6) is 0 Å². The Morgan fingerprint density at radius 2 is 1.78 bits per heavy atom. The van der Waals surface area contributed by atoms with Crippen molar-refractivity contribution in [3.8, 4) is 0 Å². The minimum atomic E-state index is -0.198. The van der Waals surface area contributed by atoms with Crippen LogP contribution in [0.1, 0.15) is 43.6 Å². The highest BCUT2D eigenvalue weighted by Crippen LogP contribution is 2.22. The lowest BCUT2D eigenvalue weighted by molar-refractivity contribution is -0.483. The van der Waals surface area contributed by atoms with Gasteiger partial charge in [-0.1, -0.05) is 65.5 Å². The number of hydrogen-bond donors (Lipinski definition) is 0. The van der Waals surface area contributed by atoms with E-state index in [4.69, 9.17) is 0 Å². The molecule has 0 fully saturated rings. The number of halogens is 1. The van der Waals surface area contributed by atoms with Crippen LogP contribution >= 0.6 is 15.9 Å². The molecule has 1 atom stereocenters. The minimum absolute atomic E-state index is 0.0441. The van der Waals surface area contributed by atoms with Gasteiger partial charge in [-0.3, -0.25) is 10.1 Å². The second-order valence-corrected chi connectivity index (χ2v) is 5.31. The molecular formula is C14H20BrNO2. The molecule has 1 aromatic carbocycles. The van der Waals surface area contributed by atoms with Crippen molar-refractivity contribution in [2.24, 2.45) is 0 Å². The van der Waals surface area contributed by atoms with Gasteiger partial charge >= 0.3 is 0 Å². The molecule has 0 radical (unpaired) electrons. The highest BCUT2D eigenvalue weighted by Gasteiger charge is 2.16. The van der Waals surface area contributed by atoms with Crippen LogP contribution in [0.25, 0.3) is 0 Å². The van der Waals surface area contributed by atoms with E-state index in [1.54, 1.807) is 0 Å². The molecule has 0 aliphatic carbocycles. The number of nitro groups is 1. The Bertz CT molecular complexity index is 343. The van der Waals surface area contributed by atoms with Crippen LogP contribution in [-0.4, -0.2) is 16.8 Å². The van der Waals surface area contributed by atoms with Crippen LogP contribution in [-0.2, 0) is 0 Å². The fraction of sp³-hybridized carbons (Fsp3) is 0.571. The lowest BCUT2D eigenvalue weighted by atomic mass is 9.93. The van der Waals surface area contributed by atoms with Crippen molar-refractivity contribution >= 4 is 15.9 Å². The smallest absolute Gasteiger partial charge is 0.210 e. The predicted molar refractivity (Wildman–Crippen MR) is 77.9 cm³/mol. The zero-order valence-corrected chi connectivity index (χ0v) is 12.1. The Morgan fingerprint density at radius 1 is 1.11 bits per heavy atom. The van der Waals surface area contributed by atoms with Crippen molar-refractivity contribution in [2.75, 3.05) is 11.9 Å². The maximum absolute atomic E-state index is 10.7. The van der Waals surface area contributed by atoms with E-state index in [0.717, 1.165) is 30.2 Å². The van der Waals surface area contributed by atoms with Gasteiger partial charge in [0, 0.05) is 16.2 Å². The number of hydrogen-bond acceptors (Lipinski definition) is 2. The molecule has 0 spiro atoms. The van der Waals surface area contributed by atoms with Crippen molar-refractivity contribution in [3.05, 3.63) is 46.0 Å².